The van der Waals surface area contributed by atoms with Gasteiger partial charge in [0, 0.05) is 6.42 Å². The van der Waals surface area contributed by atoms with Crippen LogP contribution in [0.25, 0.3) is 0 Å². The molecular formula is C17H19N5O3S. The molecule has 1 aliphatic rings. The van der Waals surface area contributed by atoms with Crippen LogP contribution in [0.1, 0.15) is 41.6 Å². The number of aryl methyl sites for hydroxylation is 1. The molecule has 0 aliphatic carbocycles. The largest absolute Gasteiger partial charge is 0.340 e. The molecule has 0 saturated heterocycles. The van der Waals surface area contributed by atoms with Gasteiger partial charge in [0.25, 0.3) is 5.91 Å². The van der Waals surface area contributed by atoms with Crippen molar-refractivity contribution in [3.63, 3.8) is 0 Å². The van der Waals surface area contributed by atoms with Crippen molar-refractivity contribution in [1.82, 2.24) is 15.5 Å². The summed E-state index contributed by atoms with van der Waals surface area (Å²) in [6, 6.07) is 5.75. The van der Waals surface area contributed by atoms with Gasteiger partial charge in [-0.15, -0.1) is 10.2 Å². The first-order valence-corrected chi connectivity index (χ1v) is 9.21. The SMILES string of the molecule is CCCCc1nnc(NC(=O)C[C@@H]2NC(=O)c3ccccc3NC2=O)s1. The highest BCUT2D eigenvalue weighted by Gasteiger charge is 2.29. The van der Waals surface area contributed by atoms with E-state index >= 15 is 0 Å². The molecule has 1 atom stereocenters. The average molecular weight is 373 g/mol. The number of rotatable bonds is 6. The Balaban J connectivity index is 1.61. The van der Waals surface area contributed by atoms with Gasteiger partial charge in [-0.3, -0.25) is 14.4 Å². The van der Waals surface area contributed by atoms with Gasteiger partial charge in [0.05, 0.1) is 17.7 Å². The van der Waals surface area contributed by atoms with E-state index in [-0.39, 0.29) is 6.42 Å². The molecule has 0 bridgehead atoms. The number of benzene rings is 1. The summed E-state index contributed by atoms with van der Waals surface area (Å²) in [5.41, 5.74) is 0.802. The molecule has 0 spiro atoms. The molecule has 1 aromatic heterocycles. The van der Waals surface area contributed by atoms with Gasteiger partial charge in [-0.05, 0) is 18.6 Å². The number of aromatic nitrogens is 2. The van der Waals surface area contributed by atoms with Gasteiger partial charge >= 0.3 is 0 Å². The highest BCUT2D eigenvalue weighted by Crippen LogP contribution is 2.20. The van der Waals surface area contributed by atoms with Gasteiger partial charge in [-0.25, -0.2) is 0 Å². The lowest BCUT2D eigenvalue weighted by Crippen LogP contribution is -2.43. The Morgan fingerprint density at radius 1 is 1.27 bits per heavy atom. The van der Waals surface area contributed by atoms with Crippen molar-refractivity contribution in [3.05, 3.63) is 34.8 Å². The average Bonchev–Trinajstić information content (AvgIpc) is 3.02. The zero-order chi connectivity index (χ0) is 18.5. The van der Waals surface area contributed by atoms with E-state index in [1.54, 1.807) is 24.3 Å². The molecule has 136 valence electrons. The van der Waals surface area contributed by atoms with E-state index in [4.69, 9.17) is 0 Å². The monoisotopic (exact) mass is 373 g/mol. The molecule has 0 unspecified atom stereocenters. The van der Waals surface area contributed by atoms with Crippen LogP contribution in [0.3, 0.4) is 0 Å². The van der Waals surface area contributed by atoms with Crippen molar-refractivity contribution in [1.29, 1.82) is 0 Å². The number of carbonyl (C=O) groups is 3. The number of anilines is 2. The van der Waals surface area contributed by atoms with Gasteiger partial charge in [-0.2, -0.15) is 0 Å². The molecule has 1 aliphatic heterocycles. The minimum atomic E-state index is -0.956. The number of nitrogens with zero attached hydrogens (tertiary/aromatic N) is 2. The first kappa shape index (κ1) is 18.0. The van der Waals surface area contributed by atoms with Gasteiger partial charge < -0.3 is 16.0 Å². The number of nitrogens with one attached hydrogen (secondary N) is 3. The minimum Gasteiger partial charge on any atom is -0.340 e. The van der Waals surface area contributed by atoms with Crippen LogP contribution in [-0.2, 0) is 16.0 Å². The number of carbonyl (C=O) groups excluding carboxylic acids is 3. The summed E-state index contributed by atoms with van der Waals surface area (Å²) in [4.78, 5) is 36.8. The lowest BCUT2D eigenvalue weighted by atomic mass is 10.1. The molecule has 3 rings (SSSR count). The Morgan fingerprint density at radius 2 is 2.08 bits per heavy atom. The molecule has 0 radical (unpaired) electrons. The van der Waals surface area contributed by atoms with E-state index in [9.17, 15) is 14.4 Å². The zero-order valence-electron chi connectivity index (χ0n) is 14.2. The Hall–Kier alpha value is -2.81. The van der Waals surface area contributed by atoms with Crippen LogP contribution >= 0.6 is 11.3 Å². The molecule has 3 amide bonds. The predicted molar refractivity (Wildman–Crippen MR) is 98.1 cm³/mol. The second-order valence-electron chi connectivity index (χ2n) is 5.92. The van der Waals surface area contributed by atoms with E-state index < -0.39 is 23.8 Å². The second-order valence-corrected chi connectivity index (χ2v) is 6.98. The Bertz CT molecular complexity index is 835. The van der Waals surface area contributed by atoms with E-state index in [1.807, 2.05) is 0 Å². The minimum absolute atomic E-state index is 0.185. The fourth-order valence-corrected chi connectivity index (χ4v) is 3.34. The third-order valence-electron chi connectivity index (χ3n) is 3.90. The van der Waals surface area contributed by atoms with Crippen molar-refractivity contribution in [2.24, 2.45) is 0 Å². The quantitative estimate of drug-likeness (QED) is 0.716. The second kappa shape index (κ2) is 8.05. The summed E-state index contributed by atoms with van der Waals surface area (Å²) >= 11 is 1.32. The first-order chi connectivity index (χ1) is 12.6. The zero-order valence-corrected chi connectivity index (χ0v) is 15.1. The normalized spacial score (nSPS) is 16.3. The third-order valence-corrected chi connectivity index (χ3v) is 4.80. The predicted octanol–water partition coefficient (Wildman–Crippen LogP) is 1.96. The lowest BCUT2D eigenvalue weighted by molar-refractivity contribution is -0.122. The number of hydrogen-bond acceptors (Lipinski definition) is 6. The summed E-state index contributed by atoms with van der Waals surface area (Å²) < 4.78 is 0. The van der Waals surface area contributed by atoms with E-state index in [0.29, 0.717) is 16.4 Å². The van der Waals surface area contributed by atoms with Crippen LogP contribution < -0.4 is 16.0 Å². The highest BCUT2D eigenvalue weighted by molar-refractivity contribution is 7.15. The number of fused-ring (bicyclic) bond motifs is 1. The topological polar surface area (TPSA) is 113 Å². The highest BCUT2D eigenvalue weighted by atomic mass is 32.1. The Kier molecular flexibility index (Phi) is 5.57. The van der Waals surface area contributed by atoms with Crippen LogP contribution in [-0.4, -0.2) is 34.0 Å². The van der Waals surface area contributed by atoms with Crippen molar-refractivity contribution in [3.8, 4) is 0 Å². The van der Waals surface area contributed by atoms with Gasteiger partial charge in [0.1, 0.15) is 11.0 Å². The van der Waals surface area contributed by atoms with E-state index in [0.717, 1.165) is 24.3 Å². The molecule has 1 aromatic carbocycles. The fourth-order valence-electron chi connectivity index (χ4n) is 2.54. The summed E-state index contributed by atoms with van der Waals surface area (Å²) in [5.74, 6) is -1.23. The van der Waals surface area contributed by atoms with E-state index in [1.165, 1.54) is 11.3 Å². The maximum Gasteiger partial charge on any atom is 0.254 e. The fraction of sp³-hybridized carbons (Fsp3) is 0.353. The molecule has 9 heteroatoms. The standard InChI is InChI=1S/C17H19N5O3S/c1-2-3-8-14-21-22-17(26-14)20-13(23)9-12-16(25)18-11-7-5-4-6-10(11)15(24)19-12/h4-7,12H,2-3,8-9H2,1H3,(H,18,25)(H,19,24)(H,20,22,23)/t12-/m0/s1. The summed E-state index contributed by atoms with van der Waals surface area (Å²) in [6.07, 6.45) is 2.70. The molecule has 0 saturated carbocycles. The molecular weight excluding hydrogens is 354 g/mol. The number of unbranched alkanes of at least 4 members (excludes halogenated alkanes) is 1. The molecule has 0 fully saturated rings. The van der Waals surface area contributed by atoms with Crippen molar-refractivity contribution >= 4 is 39.9 Å². The first-order valence-electron chi connectivity index (χ1n) is 8.39. The van der Waals surface area contributed by atoms with Gasteiger partial charge in [0.2, 0.25) is 16.9 Å². The van der Waals surface area contributed by atoms with Crippen LogP contribution in [0.4, 0.5) is 10.8 Å². The van der Waals surface area contributed by atoms with Gasteiger partial charge in [0.15, 0.2) is 0 Å². The maximum absolute atomic E-state index is 12.3. The van der Waals surface area contributed by atoms with Crippen LogP contribution in [0.5, 0.6) is 0 Å². The van der Waals surface area contributed by atoms with E-state index in [2.05, 4.69) is 33.1 Å². The van der Waals surface area contributed by atoms with Crippen LogP contribution in [0, 0.1) is 0 Å². The van der Waals surface area contributed by atoms with Crippen LogP contribution in [0.2, 0.25) is 0 Å². The molecule has 2 aromatic rings. The summed E-state index contributed by atoms with van der Waals surface area (Å²) in [5, 5.41) is 17.1. The van der Waals surface area contributed by atoms with Crippen LogP contribution in [0.15, 0.2) is 24.3 Å². The number of hydrogen-bond donors (Lipinski definition) is 3. The number of para-hydroxylation sites is 1. The van der Waals surface area contributed by atoms with Crippen molar-refractivity contribution < 1.29 is 14.4 Å². The molecule has 8 nitrogen and oxygen atoms in total. The lowest BCUT2D eigenvalue weighted by Gasteiger charge is -2.13. The Morgan fingerprint density at radius 3 is 2.88 bits per heavy atom. The Labute approximate surface area is 154 Å². The summed E-state index contributed by atoms with van der Waals surface area (Å²) in [6.45, 7) is 2.09. The van der Waals surface area contributed by atoms with Gasteiger partial charge in [-0.1, -0.05) is 36.8 Å². The third kappa shape index (κ3) is 4.23. The molecule has 2 heterocycles. The smallest absolute Gasteiger partial charge is 0.254 e. The molecule has 26 heavy (non-hydrogen) atoms. The molecule has 3 N–H and O–H groups in total. The summed E-state index contributed by atoms with van der Waals surface area (Å²) in [7, 11) is 0. The number of amides is 3. The maximum atomic E-state index is 12.3. The van der Waals surface area contributed by atoms with Crippen molar-refractivity contribution in [2.45, 2.75) is 38.6 Å². The van der Waals surface area contributed by atoms with Crippen molar-refractivity contribution in [2.75, 3.05) is 10.6 Å².